The monoisotopic (exact) mass is 537 g/mol. The number of aromatic nitrogens is 2. The molecule has 8 nitrogen and oxygen atoms in total. The highest BCUT2D eigenvalue weighted by atomic mass is 16.5. The summed E-state index contributed by atoms with van der Waals surface area (Å²) in [7, 11) is 0. The minimum Gasteiger partial charge on any atom is -0.478 e. The van der Waals surface area contributed by atoms with Crippen molar-refractivity contribution in [1.29, 1.82) is 0 Å². The van der Waals surface area contributed by atoms with Crippen LogP contribution < -0.4 is 10.2 Å². The van der Waals surface area contributed by atoms with E-state index in [1.54, 1.807) is 11.6 Å². The van der Waals surface area contributed by atoms with Crippen molar-refractivity contribution in [3.8, 4) is 22.6 Å². The Balaban J connectivity index is 1.10. The van der Waals surface area contributed by atoms with Crippen molar-refractivity contribution in [2.75, 3.05) is 50.7 Å². The third-order valence-electron chi connectivity index (χ3n) is 8.04. The smallest absolute Gasteiger partial charge is 0.336 e. The molecule has 2 aromatic carbocycles. The summed E-state index contributed by atoms with van der Waals surface area (Å²) < 4.78 is 5.63. The van der Waals surface area contributed by atoms with Crippen LogP contribution in [0.15, 0.2) is 76.9 Å². The van der Waals surface area contributed by atoms with E-state index in [0.29, 0.717) is 17.4 Å². The number of rotatable bonds is 8. The van der Waals surface area contributed by atoms with Crippen molar-refractivity contribution in [2.45, 2.75) is 25.7 Å². The van der Waals surface area contributed by atoms with Crippen LogP contribution in [-0.4, -0.2) is 71.9 Å². The lowest BCUT2D eigenvalue weighted by molar-refractivity contribution is 0.0696. The normalized spacial score (nSPS) is 17.9. The number of carboxylic acids is 1. The molecule has 0 atom stereocenters. The highest BCUT2D eigenvalue weighted by Gasteiger charge is 2.22. The lowest BCUT2D eigenvalue weighted by Gasteiger charge is -2.34. The Bertz CT molecular complexity index is 1450. The predicted octanol–water partition coefficient (Wildman–Crippen LogP) is 5.27. The van der Waals surface area contributed by atoms with Gasteiger partial charge in [0, 0.05) is 44.8 Å². The molecule has 0 amide bonds. The number of benzene rings is 2. The van der Waals surface area contributed by atoms with Crippen LogP contribution in [0.5, 0.6) is 0 Å². The van der Waals surface area contributed by atoms with Crippen LogP contribution in [0.1, 0.15) is 41.6 Å². The Morgan fingerprint density at radius 2 is 1.80 bits per heavy atom. The second-order valence-electron chi connectivity index (χ2n) is 10.6. The number of nitrogens with one attached hydrogen (secondary N) is 1. The van der Waals surface area contributed by atoms with Crippen molar-refractivity contribution < 1.29 is 14.4 Å². The maximum absolute atomic E-state index is 11.9. The van der Waals surface area contributed by atoms with Gasteiger partial charge in [-0.25, -0.2) is 4.79 Å². The molecule has 40 heavy (non-hydrogen) atoms. The molecule has 0 radical (unpaired) electrons. The van der Waals surface area contributed by atoms with Gasteiger partial charge in [-0.1, -0.05) is 48.1 Å². The number of piperazine rings is 1. The Labute approximate surface area is 234 Å². The van der Waals surface area contributed by atoms with Gasteiger partial charge in [-0.15, -0.1) is 0 Å². The molecule has 3 aromatic rings. The van der Waals surface area contributed by atoms with Gasteiger partial charge in [-0.05, 0) is 83.9 Å². The van der Waals surface area contributed by atoms with Crippen molar-refractivity contribution in [1.82, 2.24) is 20.4 Å². The van der Waals surface area contributed by atoms with Crippen molar-refractivity contribution >= 4 is 17.5 Å². The number of carboxylic acid groups (broad SMARTS) is 1. The van der Waals surface area contributed by atoms with Crippen molar-refractivity contribution in [3.63, 3.8) is 0 Å². The molecule has 206 valence electrons. The number of hydrogen-bond donors (Lipinski definition) is 2. The second kappa shape index (κ2) is 12.0. The number of carbonyl (C=O) groups is 1. The van der Waals surface area contributed by atoms with Gasteiger partial charge >= 0.3 is 5.97 Å². The number of nitrogens with zero attached hydrogens (tertiary/aromatic N) is 4. The summed E-state index contributed by atoms with van der Waals surface area (Å²) in [4.78, 5) is 21.3. The average molecular weight is 538 g/mol. The molecule has 1 saturated heterocycles. The average Bonchev–Trinajstić information content (AvgIpc) is 3.51. The molecule has 2 aliphatic heterocycles. The standard InChI is InChI=1S/C32H35N5O3/c38-31(39)28-11-10-27(22-29(28)25-12-15-33-16-13-25)24-6-8-26(9-7-24)30-34-32(35-40-30)37-20-18-36(19-21-37)17-14-23-4-2-1-3-5-23/h1-2,4,6-12,22,33H,3,5,13-21H2,(H,38,39). The highest BCUT2D eigenvalue weighted by molar-refractivity contribution is 5.95. The van der Waals surface area contributed by atoms with Gasteiger partial charge in [0.25, 0.3) is 11.8 Å². The van der Waals surface area contributed by atoms with Crippen molar-refractivity contribution in [3.05, 3.63) is 83.5 Å². The highest BCUT2D eigenvalue weighted by Crippen LogP contribution is 2.31. The second-order valence-corrected chi connectivity index (χ2v) is 10.6. The molecule has 1 aliphatic carbocycles. The first kappa shape index (κ1) is 26.2. The van der Waals surface area contributed by atoms with Gasteiger partial charge in [0.2, 0.25) is 0 Å². The van der Waals surface area contributed by atoms with Crippen LogP contribution in [0.25, 0.3) is 28.2 Å². The van der Waals surface area contributed by atoms with E-state index < -0.39 is 5.97 Å². The molecule has 6 rings (SSSR count). The SMILES string of the molecule is O=C(O)c1ccc(-c2ccc(-c3nc(N4CCN(CCC5=CC=CCC5)CC4)no3)cc2)cc1C1=CCNCC1. The first-order valence-electron chi connectivity index (χ1n) is 14.2. The molecular weight excluding hydrogens is 502 g/mol. The number of anilines is 1. The molecule has 0 spiro atoms. The fourth-order valence-corrected chi connectivity index (χ4v) is 5.64. The Morgan fingerprint density at radius 3 is 2.52 bits per heavy atom. The fourth-order valence-electron chi connectivity index (χ4n) is 5.64. The lowest BCUT2D eigenvalue weighted by atomic mass is 9.91. The van der Waals surface area contributed by atoms with E-state index in [0.717, 1.165) is 86.5 Å². The number of hydrogen-bond acceptors (Lipinski definition) is 7. The topological polar surface area (TPSA) is 94.7 Å². The first-order chi connectivity index (χ1) is 19.6. The van der Waals surface area contributed by atoms with E-state index in [1.165, 1.54) is 12.8 Å². The summed E-state index contributed by atoms with van der Waals surface area (Å²) in [5.41, 5.74) is 6.61. The van der Waals surface area contributed by atoms with Gasteiger partial charge in [0.05, 0.1) is 5.56 Å². The molecule has 2 N–H and O–H groups in total. The van der Waals surface area contributed by atoms with Gasteiger partial charge in [0.15, 0.2) is 0 Å². The van der Waals surface area contributed by atoms with Gasteiger partial charge in [-0.2, -0.15) is 4.98 Å². The summed E-state index contributed by atoms with van der Waals surface area (Å²) in [6.07, 6.45) is 13.1. The van der Waals surface area contributed by atoms with E-state index in [-0.39, 0.29) is 0 Å². The largest absolute Gasteiger partial charge is 0.478 e. The molecule has 0 saturated carbocycles. The Hall–Kier alpha value is -4.01. The van der Waals surface area contributed by atoms with Crippen LogP contribution in [0.2, 0.25) is 0 Å². The van der Waals surface area contributed by atoms with Crippen LogP contribution in [0, 0.1) is 0 Å². The van der Waals surface area contributed by atoms with Crippen LogP contribution >= 0.6 is 0 Å². The van der Waals surface area contributed by atoms with Gasteiger partial charge in [0.1, 0.15) is 0 Å². The van der Waals surface area contributed by atoms with Crippen LogP contribution in [0.3, 0.4) is 0 Å². The molecule has 1 aromatic heterocycles. The number of aromatic carboxylic acids is 1. The molecule has 0 unspecified atom stereocenters. The zero-order valence-corrected chi connectivity index (χ0v) is 22.7. The molecule has 8 heteroatoms. The summed E-state index contributed by atoms with van der Waals surface area (Å²) >= 11 is 0. The minimum absolute atomic E-state index is 0.340. The molecule has 0 bridgehead atoms. The van der Waals surface area contributed by atoms with Gasteiger partial charge in [-0.3, -0.25) is 4.90 Å². The zero-order chi connectivity index (χ0) is 27.3. The lowest BCUT2D eigenvalue weighted by Crippen LogP contribution is -2.47. The third-order valence-corrected chi connectivity index (χ3v) is 8.04. The summed E-state index contributed by atoms with van der Waals surface area (Å²) in [5.74, 6) is 0.241. The maximum atomic E-state index is 11.9. The summed E-state index contributed by atoms with van der Waals surface area (Å²) in [6.45, 7) is 6.48. The number of allylic oxidation sites excluding steroid dienone is 3. The third kappa shape index (κ3) is 5.93. The molecule has 3 heterocycles. The Kier molecular flexibility index (Phi) is 7.88. The zero-order valence-electron chi connectivity index (χ0n) is 22.7. The Morgan fingerprint density at radius 1 is 1.00 bits per heavy atom. The molecular formula is C32H35N5O3. The fraction of sp³-hybridized carbons (Fsp3) is 0.344. The van der Waals surface area contributed by atoms with E-state index >= 15 is 0 Å². The van der Waals surface area contributed by atoms with E-state index in [9.17, 15) is 9.90 Å². The van der Waals surface area contributed by atoms with Gasteiger partial charge < -0.3 is 19.8 Å². The molecule has 1 fully saturated rings. The quantitative estimate of drug-likeness (QED) is 0.402. The van der Waals surface area contributed by atoms with E-state index in [4.69, 9.17) is 9.51 Å². The summed E-state index contributed by atoms with van der Waals surface area (Å²) in [6, 6.07) is 13.6. The summed E-state index contributed by atoms with van der Waals surface area (Å²) in [5, 5.41) is 17.3. The minimum atomic E-state index is -0.903. The van der Waals surface area contributed by atoms with Crippen molar-refractivity contribution in [2.24, 2.45) is 0 Å². The first-order valence-corrected chi connectivity index (χ1v) is 14.2. The van der Waals surface area contributed by atoms with E-state index in [1.807, 2.05) is 36.4 Å². The predicted molar refractivity (Wildman–Crippen MR) is 157 cm³/mol. The maximum Gasteiger partial charge on any atom is 0.336 e. The van der Waals surface area contributed by atoms with E-state index in [2.05, 4.69) is 44.6 Å². The van der Waals surface area contributed by atoms with Crippen LogP contribution in [-0.2, 0) is 0 Å². The molecule has 3 aliphatic rings. The van der Waals surface area contributed by atoms with Crippen LogP contribution in [0.4, 0.5) is 5.95 Å².